The first-order valence-corrected chi connectivity index (χ1v) is 9.39. The van der Waals surface area contributed by atoms with Gasteiger partial charge in [-0.15, -0.1) is 0 Å². The molecule has 0 unspecified atom stereocenters. The van der Waals surface area contributed by atoms with Crippen LogP contribution in [0.5, 0.6) is 5.75 Å². The molecule has 1 aliphatic rings. The molecule has 0 aromatic heterocycles. The molecule has 3 rings (SSSR count). The van der Waals surface area contributed by atoms with E-state index in [4.69, 9.17) is 9.88 Å². The van der Waals surface area contributed by atoms with Crippen molar-refractivity contribution in [2.45, 2.75) is 24.7 Å². The third-order valence-electron chi connectivity index (χ3n) is 3.98. The summed E-state index contributed by atoms with van der Waals surface area (Å²) in [5.41, 5.74) is -0.432. The van der Waals surface area contributed by atoms with Gasteiger partial charge in [0.2, 0.25) is 10.0 Å². The molecule has 0 spiro atoms. The minimum Gasteiger partial charge on any atom is -0.426 e. The van der Waals surface area contributed by atoms with Gasteiger partial charge in [0, 0.05) is 17.5 Å². The lowest BCUT2D eigenvalue weighted by atomic mass is 9.83. The van der Waals surface area contributed by atoms with Crippen molar-refractivity contribution < 1.29 is 27.5 Å². The highest BCUT2D eigenvalue weighted by Crippen LogP contribution is 2.35. The molecule has 134 valence electrons. The molecule has 7 nitrogen and oxygen atoms in total. The van der Waals surface area contributed by atoms with Crippen LogP contribution in [0.15, 0.2) is 41.3 Å². The molecule has 0 saturated heterocycles. The molecule has 2 aromatic rings. The standard InChI is InChI=1S/C18H15NO6S/c1-2-5-14(20)25-12-8-3-6-10-15(12)17(21)11-7-4-9-13(26(19,23)24)16(11)18(10)22/h3-4,6-9H,2,5H2,1H3,(H2,19,23,24). The summed E-state index contributed by atoms with van der Waals surface area (Å²) in [6.07, 6.45) is 0.735. The van der Waals surface area contributed by atoms with Crippen molar-refractivity contribution in [1.82, 2.24) is 0 Å². The van der Waals surface area contributed by atoms with Gasteiger partial charge in [-0.1, -0.05) is 31.2 Å². The number of ketones is 2. The summed E-state index contributed by atoms with van der Waals surface area (Å²) in [7, 11) is -4.20. The summed E-state index contributed by atoms with van der Waals surface area (Å²) >= 11 is 0. The molecule has 0 bridgehead atoms. The lowest BCUT2D eigenvalue weighted by Gasteiger charge is -2.21. The van der Waals surface area contributed by atoms with Gasteiger partial charge in [0.15, 0.2) is 11.6 Å². The van der Waals surface area contributed by atoms with Crippen molar-refractivity contribution in [3.63, 3.8) is 0 Å². The van der Waals surface area contributed by atoms with E-state index in [9.17, 15) is 22.8 Å². The Balaban J connectivity index is 2.21. The molecule has 0 fully saturated rings. The van der Waals surface area contributed by atoms with Gasteiger partial charge in [0.1, 0.15) is 5.75 Å². The van der Waals surface area contributed by atoms with Crippen LogP contribution >= 0.6 is 0 Å². The Morgan fingerprint density at radius 1 is 1.00 bits per heavy atom. The van der Waals surface area contributed by atoms with Gasteiger partial charge in [0.05, 0.1) is 16.0 Å². The van der Waals surface area contributed by atoms with Crippen LogP contribution in [0.1, 0.15) is 51.6 Å². The first kappa shape index (κ1) is 18.0. The van der Waals surface area contributed by atoms with E-state index in [0.29, 0.717) is 6.42 Å². The predicted octanol–water partition coefficient (Wildman–Crippen LogP) is 1.81. The third-order valence-corrected chi connectivity index (χ3v) is 4.93. The van der Waals surface area contributed by atoms with Gasteiger partial charge in [-0.25, -0.2) is 13.6 Å². The zero-order chi connectivity index (χ0) is 19.1. The number of carbonyl (C=O) groups is 3. The largest absolute Gasteiger partial charge is 0.426 e. The minimum atomic E-state index is -4.20. The number of carbonyl (C=O) groups excluding carboxylic acids is 3. The molecule has 2 N–H and O–H groups in total. The zero-order valence-electron chi connectivity index (χ0n) is 13.8. The van der Waals surface area contributed by atoms with Crippen molar-refractivity contribution in [3.8, 4) is 5.75 Å². The van der Waals surface area contributed by atoms with Gasteiger partial charge in [0.25, 0.3) is 0 Å². The molecule has 0 amide bonds. The summed E-state index contributed by atoms with van der Waals surface area (Å²) in [6, 6.07) is 8.12. The van der Waals surface area contributed by atoms with Gasteiger partial charge in [-0.2, -0.15) is 0 Å². The van der Waals surface area contributed by atoms with Crippen molar-refractivity contribution >= 4 is 27.6 Å². The fourth-order valence-electron chi connectivity index (χ4n) is 2.88. The fraction of sp³-hybridized carbons (Fsp3) is 0.167. The highest BCUT2D eigenvalue weighted by Gasteiger charge is 2.36. The van der Waals surface area contributed by atoms with Crippen molar-refractivity contribution in [2.24, 2.45) is 5.14 Å². The number of esters is 1. The van der Waals surface area contributed by atoms with E-state index < -0.39 is 32.5 Å². The topological polar surface area (TPSA) is 121 Å². The van der Waals surface area contributed by atoms with Crippen molar-refractivity contribution in [2.75, 3.05) is 0 Å². The van der Waals surface area contributed by atoms with Crippen LogP contribution in [0.3, 0.4) is 0 Å². The summed E-state index contributed by atoms with van der Waals surface area (Å²) in [6.45, 7) is 1.81. The quantitative estimate of drug-likeness (QED) is 0.550. The SMILES string of the molecule is CCCC(=O)Oc1cccc2c1C(=O)c1cccc(S(N)(=O)=O)c1C2=O. The average Bonchev–Trinajstić information content (AvgIpc) is 2.58. The maximum Gasteiger partial charge on any atom is 0.311 e. The molecule has 0 heterocycles. The first-order chi connectivity index (χ1) is 12.3. The lowest BCUT2D eigenvalue weighted by Crippen LogP contribution is -2.26. The maximum absolute atomic E-state index is 12.9. The second-order valence-electron chi connectivity index (χ2n) is 5.78. The van der Waals surface area contributed by atoms with Crippen LogP contribution in [-0.2, 0) is 14.8 Å². The second kappa shape index (κ2) is 6.47. The Bertz CT molecular complexity index is 1060. The van der Waals surface area contributed by atoms with E-state index in [1.165, 1.54) is 36.4 Å². The highest BCUT2D eigenvalue weighted by atomic mass is 32.2. The molecule has 2 aromatic carbocycles. The molecule has 8 heteroatoms. The van der Waals surface area contributed by atoms with E-state index in [1.807, 2.05) is 0 Å². The summed E-state index contributed by atoms with van der Waals surface area (Å²) in [5, 5.41) is 5.18. The number of hydrogen-bond donors (Lipinski definition) is 1. The van der Waals surface area contributed by atoms with E-state index >= 15 is 0 Å². The molecule has 0 aliphatic heterocycles. The third kappa shape index (κ3) is 2.93. The number of rotatable bonds is 4. The van der Waals surface area contributed by atoms with Crippen molar-refractivity contribution in [3.05, 3.63) is 58.7 Å². The van der Waals surface area contributed by atoms with E-state index in [1.54, 1.807) is 6.92 Å². The van der Waals surface area contributed by atoms with E-state index in [0.717, 1.165) is 0 Å². The van der Waals surface area contributed by atoms with Crippen LogP contribution in [0.4, 0.5) is 0 Å². The van der Waals surface area contributed by atoms with E-state index in [2.05, 4.69) is 0 Å². The molecular formula is C18H15NO6S. The number of ether oxygens (including phenoxy) is 1. The van der Waals surface area contributed by atoms with Crippen LogP contribution in [0.25, 0.3) is 0 Å². The van der Waals surface area contributed by atoms with Gasteiger partial charge < -0.3 is 4.74 Å². The smallest absolute Gasteiger partial charge is 0.311 e. The second-order valence-corrected chi connectivity index (χ2v) is 7.31. The molecule has 0 saturated carbocycles. The van der Waals surface area contributed by atoms with Crippen LogP contribution in [0.2, 0.25) is 0 Å². The molecular weight excluding hydrogens is 358 g/mol. The Kier molecular flexibility index (Phi) is 4.47. The number of benzene rings is 2. The Hall–Kier alpha value is -2.84. The van der Waals surface area contributed by atoms with Gasteiger partial charge >= 0.3 is 5.97 Å². The van der Waals surface area contributed by atoms with Gasteiger partial charge in [-0.3, -0.25) is 14.4 Å². The summed E-state index contributed by atoms with van der Waals surface area (Å²) in [5.74, 6) is -1.80. The van der Waals surface area contributed by atoms with Crippen LogP contribution in [-0.4, -0.2) is 26.0 Å². The Labute approximate surface area is 149 Å². The summed E-state index contributed by atoms with van der Waals surface area (Å²) < 4.78 is 28.8. The van der Waals surface area contributed by atoms with Gasteiger partial charge in [-0.05, 0) is 18.6 Å². The number of fused-ring (bicyclic) bond motifs is 2. The fourth-order valence-corrected chi connectivity index (χ4v) is 3.63. The number of nitrogens with two attached hydrogens (primary N) is 1. The first-order valence-electron chi connectivity index (χ1n) is 7.84. The van der Waals surface area contributed by atoms with Crippen molar-refractivity contribution in [1.29, 1.82) is 0 Å². The predicted molar refractivity (Wildman–Crippen MR) is 91.7 cm³/mol. The number of sulfonamides is 1. The Morgan fingerprint density at radius 3 is 2.19 bits per heavy atom. The molecule has 1 aliphatic carbocycles. The van der Waals surface area contributed by atoms with Crippen LogP contribution < -0.4 is 9.88 Å². The number of hydrogen-bond acceptors (Lipinski definition) is 6. The average molecular weight is 373 g/mol. The molecule has 0 atom stereocenters. The van der Waals surface area contributed by atoms with E-state index in [-0.39, 0.29) is 34.4 Å². The zero-order valence-corrected chi connectivity index (χ0v) is 14.6. The minimum absolute atomic E-state index is 0.0223. The molecule has 0 radical (unpaired) electrons. The van der Waals surface area contributed by atoms with Crippen LogP contribution in [0, 0.1) is 0 Å². The monoisotopic (exact) mass is 373 g/mol. The maximum atomic E-state index is 12.9. The molecule has 26 heavy (non-hydrogen) atoms. The highest BCUT2D eigenvalue weighted by molar-refractivity contribution is 7.89. The normalized spacial score (nSPS) is 13.2. The Morgan fingerprint density at radius 2 is 1.58 bits per heavy atom. The summed E-state index contributed by atoms with van der Waals surface area (Å²) in [4.78, 5) is 37.2. The lowest BCUT2D eigenvalue weighted by molar-refractivity contribution is -0.134. The number of primary sulfonamides is 1.